The highest BCUT2D eigenvalue weighted by Gasteiger charge is 2.21. The third kappa shape index (κ3) is 2.59. The fourth-order valence-corrected chi connectivity index (χ4v) is 2.52. The first kappa shape index (κ1) is 11.9. The summed E-state index contributed by atoms with van der Waals surface area (Å²) < 4.78 is 5.49. The van der Waals surface area contributed by atoms with Gasteiger partial charge in [-0.1, -0.05) is 19.1 Å². The summed E-state index contributed by atoms with van der Waals surface area (Å²) >= 11 is 0. The van der Waals surface area contributed by atoms with E-state index in [1.807, 2.05) is 18.2 Å². The molecular formula is C14H18N2O. The van der Waals surface area contributed by atoms with Gasteiger partial charge in [-0.3, -0.25) is 0 Å². The molecule has 90 valence electrons. The number of ether oxygens (including phenoxy) is 1. The van der Waals surface area contributed by atoms with Gasteiger partial charge >= 0.3 is 0 Å². The standard InChI is InChI=1S/C14H18N2O/c1-2-16-13-7-3-6-12-11(13)5-4-8-14(12)17-10-9-15/h4-5,8,13,16H,2-3,6-7,10H2,1H3. The number of hydrogen-bond acceptors (Lipinski definition) is 3. The minimum absolute atomic E-state index is 0.127. The van der Waals surface area contributed by atoms with E-state index in [0.29, 0.717) is 6.04 Å². The van der Waals surface area contributed by atoms with Crippen molar-refractivity contribution < 1.29 is 4.74 Å². The number of fused-ring (bicyclic) bond motifs is 1. The largest absolute Gasteiger partial charge is 0.478 e. The van der Waals surface area contributed by atoms with E-state index in [-0.39, 0.29) is 6.61 Å². The predicted molar refractivity (Wildman–Crippen MR) is 66.9 cm³/mol. The van der Waals surface area contributed by atoms with Gasteiger partial charge in [0.2, 0.25) is 0 Å². The zero-order valence-electron chi connectivity index (χ0n) is 10.2. The van der Waals surface area contributed by atoms with Gasteiger partial charge in [-0.2, -0.15) is 5.26 Å². The SMILES string of the molecule is CCNC1CCCc2c(OCC#N)cccc21. The first-order valence-electron chi connectivity index (χ1n) is 6.21. The summed E-state index contributed by atoms with van der Waals surface area (Å²) in [5.41, 5.74) is 2.62. The molecule has 0 spiro atoms. The van der Waals surface area contributed by atoms with Gasteiger partial charge in [-0.05, 0) is 43.0 Å². The molecular weight excluding hydrogens is 212 g/mol. The zero-order valence-corrected chi connectivity index (χ0v) is 10.2. The third-order valence-electron chi connectivity index (χ3n) is 3.21. The van der Waals surface area contributed by atoms with Crippen molar-refractivity contribution in [2.45, 2.75) is 32.2 Å². The van der Waals surface area contributed by atoms with Crippen LogP contribution in [-0.4, -0.2) is 13.2 Å². The molecule has 0 heterocycles. The molecule has 0 bridgehead atoms. The van der Waals surface area contributed by atoms with Crippen molar-refractivity contribution in [3.05, 3.63) is 29.3 Å². The molecule has 1 aromatic carbocycles. The van der Waals surface area contributed by atoms with Crippen LogP contribution in [0, 0.1) is 11.3 Å². The van der Waals surface area contributed by atoms with Crippen molar-refractivity contribution in [3.63, 3.8) is 0 Å². The molecule has 0 radical (unpaired) electrons. The van der Waals surface area contributed by atoms with Crippen molar-refractivity contribution in [2.75, 3.05) is 13.2 Å². The maximum Gasteiger partial charge on any atom is 0.174 e. The van der Waals surface area contributed by atoms with Crippen LogP contribution in [0.2, 0.25) is 0 Å². The minimum Gasteiger partial charge on any atom is -0.478 e. The lowest BCUT2D eigenvalue weighted by molar-refractivity contribution is 0.357. The van der Waals surface area contributed by atoms with Crippen molar-refractivity contribution in [3.8, 4) is 11.8 Å². The second-order valence-corrected chi connectivity index (χ2v) is 4.27. The number of nitrogens with zero attached hydrogens (tertiary/aromatic N) is 1. The number of rotatable bonds is 4. The van der Waals surface area contributed by atoms with E-state index in [1.165, 1.54) is 24.0 Å². The van der Waals surface area contributed by atoms with Gasteiger partial charge in [0.05, 0.1) is 0 Å². The monoisotopic (exact) mass is 230 g/mol. The molecule has 2 rings (SSSR count). The molecule has 0 amide bonds. The van der Waals surface area contributed by atoms with Gasteiger partial charge in [0, 0.05) is 6.04 Å². The molecule has 0 aromatic heterocycles. The lowest BCUT2D eigenvalue weighted by Gasteiger charge is -2.27. The smallest absolute Gasteiger partial charge is 0.174 e. The number of hydrogen-bond donors (Lipinski definition) is 1. The van der Waals surface area contributed by atoms with Crippen molar-refractivity contribution in [1.82, 2.24) is 5.32 Å². The summed E-state index contributed by atoms with van der Waals surface area (Å²) in [7, 11) is 0. The molecule has 1 aromatic rings. The maximum absolute atomic E-state index is 8.58. The topological polar surface area (TPSA) is 45.0 Å². The van der Waals surface area contributed by atoms with Gasteiger partial charge < -0.3 is 10.1 Å². The van der Waals surface area contributed by atoms with Crippen LogP contribution in [0.4, 0.5) is 0 Å². The van der Waals surface area contributed by atoms with E-state index >= 15 is 0 Å². The summed E-state index contributed by atoms with van der Waals surface area (Å²) in [6, 6.07) is 8.61. The van der Waals surface area contributed by atoms with Crippen LogP contribution in [-0.2, 0) is 6.42 Å². The van der Waals surface area contributed by atoms with E-state index in [4.69, 9.17) is 10.00 Å². The average Bonchev–Trinajstić information content (AvgIpc) is 2.37. The normalized spacial score (nSPS) is 18.2. The third-order valence-corrected chi connectivity index (χ3v) is 3.21. The van der Waals surface area contributed by atoms with E-state index in [0.717, 1.165) is 18.7 Å². The van der Waals surface area contributed by atoms with Crippen LogP contribution in [0.5, 0.6) is 5.75 Å². The average molecular weight is 230 g/mol. The van der Waals surface area contributed by atoms with Crippen LogP contribution in [0.1, 0.15) is 36.9 Å². The van der Waals surface area contributed by atoms with Gasteiger partial charge in [-0.15, -0.1) is 0 Å². The molecule has 0 saturated heterocycles. The second kappa shape index (κ2) is 5.70. The van der Waals surface area contributed by atoms with E-state index in [2.05, 4.69) is 18.3 Å². The highest BCUT2D eigenvalue weighted by Crippen LogP contribution is 2.35. The number of benzene rings is 1. The van der Waals surface area contributed by atoms with Gasteiger partial charge in [-0.25, -0.2) is 0 Å². The van der Waals surface area contributed by atoms with Crippen LogP contribution < -0.4 is 10.1 Å². The summed E-state index contributed by atoms with van der Waals surface area (Å²) in [4.78, 5) is 0. The Kier molecular flexibility index (Phi) is 4.00. The lowest BCUT2D eigenvalue weighted by Crippen LogP contribution is -2.25. The van der Waals surface area contributed by atoms with Crippen LogP contribution >= 0.6 is 0 Å². The Morgan fingerprint density at radius 1 is 1.53 bits per heavy atom. The Labute approximate surface area is 102 Å². The molecule has 1 aliphatic carbocycles. The summed E-state index contributed by atoms with van der Waals surface area (Å²) in [5, 5.41) is 12.1. The molecule has 0 saturated carbocycles. The molecule has 17 heavy (non-hydrogen) atoms. The fourth-order valence-electron chi connectivity index (χ4n) is 2.52. The molecule has 1 atom stereocenters. The van der Waals surface area contributed by atoms with Crippen molar-refractivity contribution in [2.24, 2.45) is 0 Å². The van der Waals surface area contributed by atoms with Crippen LogP contribution in [0.25, 0.3) is 0 Å². The van der Waals surface area contributed by atoms with Gasteiger partial charge in [0.15, 0.2) is 6.61 Å². The van der Waals surface area contributed by atoms with Crippen LogP contribution in [0.3, 0.4) is 0 Å². The highest BCUT2D eigenvalue weighted by atomic mass is 16.5. The Balaban J connectivity index is 2.27. The molecule has 3 heteroatoms. The van der Waals surface area contributed by atoms with E-state index < -0.39 is 0 Å². The molecule has 1 unspecified atom stereocenters. The lowest BCUT2D eigenvalue weighted by atomic mass is 9.87. The number of nitriles is 1. The summed E-state index contributed by atoms with van der Waals surface area (Å²) in [5.74, 6) is 0.881. The van der Waals surface area contributed by atoms with Gasteiger partial charge in [0.1, 0.15) is 11.8 Å². The molecule has 0 fully saturated rings. The molecule has 1 aliphatic rings. The number of nitrogens with one attached hydrogen (secondary N) is 1. The minimum atomic E-state index is 0.127. The quantitative estimate of drug-likeness (QED) is 0.864. The van der Waals surface area contributed by atoms with E-state index in [9.17, 15) is 0 Å². The highest BCUT2D eigenvalue weighted by molar-refractivity contribution is 5.43. The predicted octanol–water partition coefficient (Wildman–Crippen LogP) is 2.58. The summed E-state index contributed by atoms with van der Waals surface area (Å²) in [6.07, 6.45) is 3.42. The Hall–Kier alpha value is -1.53. The summed E-state index contributed by atoms with van der Waals surface area (Å²) in [6.45, 7) is 3.24. The zero-order chi connectivity index (χ0) is 12.1. The Bertz CT molecular complexity index is 423. The maximum atomic E-state index is 8.58. The fraction of sp³-hybridized carbons (Fsp3) is 0.500. The molecule has 1 N–H and O–H groups in total. The first-order valence-corrected chi connectivity index (χ1v) is 6.21. The van der Waals surface area contributed by atoms with E-state index in [1.54, 1.807) is 0 Å². The molecule has 3 nitrogen and oxygen atoms in total. The van der Waals surface area contributed by atoms with Crippen LogP contribution in [0.15, 0.2) is 18.2 Å². The first-order chi connectivity index (χ1) is 8.36. The molecule has 0 aliphatic heterocycles. The Morgan fingerprint density at radius 2 is 2.41 bits per heavy atom. The van der Waals surface area contributed by atoms with Gasteiger partial charge in [0.25, 0.3) is 0 Å². The Morgan fingerprint density at radius 3 is 3.18 bits per heavy atom. The van der Waals surface area contributed by atoms with Crippen molar-refractivity contribution >= 4 is 0 Å². The second-order valence-electron chi connectivity index (χ2n) is 4.27. The van der Waals surface area contributed by atoms with Crippen molar-refractivity contribution in [1.29, 1.82) is 5.26 Å².